The van der Waals surface area contributed by atoms with Gasteiger partial charge in [0.2, 0.25) is 0 Å². The summed E-state index contributed by atoms with van der Waals surface area (Å²) in [6, 6.07) is 14.5. The number of imidazole rings is 1. The summed E-state index contributed by atoms with van der Waals surface area (Å²) in [7, 11) is 0. The number of H-pyrrole nitrogens is 1. The minimum atomic E-state index is 0.616. The van der Waals surface area contributed by atoms with Crippen molar-refractivity contribution in [3.63, 3.8) is 0 Å². The first-order chi connectivity index (χ1) is 15.2. The average Bonchev–Trinajstić information content (AvgIpc) is 3.50. The number of benzene rings is 1. The van der Waals surface area contributed by atoms with E-state index in [2.05, 4.69) is 88.8 Å². The van der Waals surface area contributed by atoms with Gasteiger partial charge in [-0.1, -0.05) is 19.1 Å². The zero-order valence-electron chi connectivity index (χ0n) is 17.2. The first-order valence-corrected chi connectivity index (χ1v) is 11.0. The molecule has 0 radical (unpaired) electrons. The van der Waals surface area contributed by atoms with E-state index in [0.717, 1.165) is 57.9 Å². The number of hydrogen-bond donors (Lipinski definition) is 1. The van der Waals surface area contributed by atoms with Crippen molar-refractivity contribution in [2.24, 2.45) is 0 Å². The van der Waals surface area contributed by atoms with E-state index in [1.165, 1.54) is 5.56 Å². The summed E-state index contributed by atoms with van der Waals surface area (Å²) in [5.41, 5.74) is 6.18. The number of nitrogens with zero attached hydrogens (tertiary/aromatic N) is 7. The third kappa shape index (κ3) is 3.54. The van der Waals surface area contributed by atoms with E-state index in [9.17, 15) is 0 Å². The number of nitrogens with one attached hydrogen (secondary N) is 1. The molecular formula is C22H21BrN8. The van der Waals surface area contributed by atoms with Gasteiger partial charge in [0.25, 0.3) is 0 Å². The summed E-state index contributed by atoms with van der Waals surface area (Å²) < 4.78 is 5.22. The number of tetrazole rings is 1. The predicted octanol–water partition coefficient (Wildman–Crippen LogP) is 4.47. The molecule has 5 aromatic rings. The molecule has 8 nitrogen and oxygen atoms in total. The Bertz CT molecular complexity index is 1330. The van der Waals surface area contributed by atoms with Crippen LogP contribution in [0.25, 0.3) is 28.4 Å². The van der Waals surface area contributed by atoms with E-state index < -0.39 is 0 Å². The van der Waals surface area contributed by atoms with E-state index in [4.69, 9.17) is 4.98 Å². The molecule has 1 aromatic carbocycles. The Labute approximate surface area is 187 Å². The van der Waals surface area contributed by atoms with Crippen LogP contribution >= 0.6 is 15.9 Å². The van der Waals surface area contributed by atoms with Crippen molar-refractivity contribution in [1.82, 2.24) is 39.7 Å². The number of pyridine rings is 1. The molecule has 4 aromatic heterocycles. The molecule has 0 spiro atoms. The van der Waals surface area contributed by atoms with Crippen LogP contribution in [0.3, 0.4) is 0 Å². The van der Waals surface area contributed by atoms with Gasteiger partial charge < -0.3 is 9.13 Å². The second-order valence-electron chi connectivity index (χ2n) is 7.46. The molecule has 5 rings (SSSR count). The first-order valence-electron chi connectivity index (χ1n) is 10.2. The Morgan fingerprint density at radius 1 is 1.06 bits per heavy atom. The van der Waals surface area contributed by atoms with Crippen LogP contribution in [0.4, 0.5) is 0 Å². The van der Waals surface area contributed by atoms with Crippen LogP contribution < -0.4 is 0 Å². The average molecular weight is 477 g/mol. The van der Waals surface area contributed by atoms with E-state index in [-0.39, 0.29) is 0 Å². The van der Waals surface area contributed by atoms with Crippen molar-refractivity contribution in [3.8, 4) is 17.2 Å². The Morgan fingerprint density at radius 3 is 2.65 bits per heavy atom. The predicted molar refractivity (Wildman–Crippen MR) is 122 cm³/mol. The molecule has 0 saturated carbocycles. The van der Waals surface area contributed by atoms with Gasteiger partial charge in [0, 0.05) is 18.3 Å². The molecular weight excluding hydrogens is 456 g/mol. The molecule has 0 amide bonds. The van der Waals surface area contributed by atoms with Gasteiger partial charge in [-0.15, -0.1) is 5.10 Å². The zero-order valence-corrected chi connectivity index (χ0v) is 18.8. The maximum atomic E-state index is 4.88. The standard InChI is InChI=1S/C22H21BrN8/c1-3-4-19-25-20-14(2)11-12-24-22(20)30(19)13-15-5-7-16(8-6-15)31-17(9-10-18(31)23)21-26-28-29-27-21/h5-12H,3-4,13H2,1-2H3,(H,26,27,28,29). The van der Waals surface area contributed by atoms with Crippen LogP contribution in [0.15, 0.2) is 53.3 Å². The fraction of sp³-hybridized carbons (Fsp3) is 0.227. The molecule has 4 heterocycles. The number of rotatable bonds is 6. The summed E-state index contributed by atoms with van der Waals surface area (Å²) >= 11 is 3.63. The minimum Gasteiger partial charge on any atom is -0.308 e. The molecule has 31 heavy (non-hydrogen) atoms. The normalized spacial score (nSPS) is 11.5. The Morgan fingerprint density at radius 2 is 1.90 bits per heavy atom. The maximum Gasteiger partial charge on any atom is 0.196 e. The van der Waals surface area contributed by atoms with Gasteiger partial charge >= 0.3 is 0 Å². The number of aromatic nitrogens is 8. The fourth-order valence-electron chi connectivity index (χ4n) is 3.82. The molecule has 0 aliphatic rings. The van der Waals surface area contributed by atoms with E-state index in [0.29, 0.717) is 5.82 Å². The third-order valence-electron chi connectivity index (χ3n) is 5.34. The molecule has 1 N–H and O–H groups in total. The Balaban J connectivity index is 1.50. The molecule has 0 saturated heterocycles. The van der Waals surface area contributed by atoms with Gasteiger partial charge in [-0.05, 0) is 81.2 Å². The number of halogens is 1. The van der Waals surface area contributed by atoms with Gasteiger partial charge in [0.15, 0.2) is 11.5 Å². The monoisotopic (exact) mass is 476 g/mol. The lowest BCUT2D eigenvalue weighted by atomic mass is 10.2. The van der Waals surface area contributed by atoms with Gasteiger partial charge in [-0.2, -0.15) is 0 Å². The van der Waals surface area contributed by atoms with Crippen molar-refractivity contribution in [1.29, 1.82) is 0 Å². The van der Waals surface area contributed by atoms with Crippen molar-refractivity contribution < 1.29 is 0 Å². The maximum absolute atomic E-state index is 4.88. The lowest BCUT2D eigenvalue weighted by Gasteiger charge is -2.12. The van der Waals surface area contributed by atoms with Crippen LogP contribution in [-0.2, 0) is 13.0 Å². The van der Waals surface area contributed by atoms with Gasteiger partial charge in [0.1, 0.15) is 11.3 Å². The number of aromatic amines is 1. The first kappa shape index (κ1) is 19.6. The van der Waals surface area contributed by atoms with Crippen LogP contribution in [-0.4, -0.2) is 39.7 Å². The second-order valence-corrected chi connectivity index (χ2v) is 8.27. The largest absolute Gasteiger partial charge is 0.308 e. The quantitative estimate of drug-likeness (QED) is 0.390. The molecule has 156 valence electrons. The number of fused-ring (bicyclic) bond motifs is 1. The van der Waals surface area contributed by atoms with Gasteiger partial charge in [-0.25, -0.2) is 15.1 Å². The SMILES string of the molecule is CCCc1nc2c(C)ccnc2n1Cc1ccc(-n2c(Br)ccc2-c2nnn[nH]2)cc1. The Hall–Kier alpha value is -3.33. The highest BCUT2D eigenvalue weighted by Crippen LogP contribution is 2.28. The highest BCUT2D eigenvalue weighted by Gasteiger charge is 2.15. The molecule has 0 unspecified atom stereocenters. The molecule has 0 aliphatic carbocycles. The molecule has 9 heteroatoms. The summed E-state index contributed by atoms with van der Waals surface area (Å²) in [6.07, 6.45) is 3.83. The van der Waals surface area contributed by atoms with E-state index >= 15 is 0 Å². The Kier molecular flexibility index (Phi) is 5.11. The van der Waals surface area contributed by atoms with E-state index in [1.807, 2.05) is 24.4 Å². The molecule has 0 fully saturated rings. The fourth-order valence-corrected chi connectivity index (χ4v) is 4.35. The van der Waals surface area contributed by atoms with Crippen molar-refractivity contribution in [2.45, 2.75) is 33.2 Å². The minimum absolute atomic E-state index is 0.616. The molecule has 0 aliphatic heterocycles. The highest BCUT2D eigenvalue weighted by atomic mass is 79.9. The third-order valence-corrected chi connectivity index (χ3v) is 5.96. The summed E-state index contributed by atoms with van der Waals surface area (Å²) in [4.78, 5) is 9.49. The summed E-state index contributed by atoms with van der Waals surface area (Å²) in [5.74, 6) is 1.70. The lowest BCUT2D eigenvalue weighted by molar-refractivity contribution is 0.716. The van der Waals surface area contributed by atoms with Crippen LogP contribution in [0, 0.1) is 6.92 Å². The smallest absolute Gasteiger partial charge is 0.196 e. The highest BCUT2D eigenvalue weighted by molar-refractivity contribution is 9.10. The zero-order chi connectivity index (χ0) is 21.4. The van der Waals surface area contributed by atoms with Crippen molar-refractivity contribution >= 4 is 27.1 Å². The van der Waals surface area contributed by atoms with Crippen LogP contribution in [0.1, 0.15) is 30.3 Å². The van der Waals surface area contributed by atoms with E-state index in [1.54, 1.807) is 0 Å². The van der Waals surface area contributed by atoms with Crippen molar-refractivity contribution in [2.75, 3.05) is 0 Å². The number of hydrogen-bond acceptors (Lipinski definition) is 5. The van der Waals surface area contributed by atoms with Crippen LogP contribution in [0.2, 0.25) is 0 Å². The summed E-state index contributed by atoms with van der Waals surface area (Å²) in [5, 5.41) is 14.2. The number of aryl methyl sites for hydroxylation is 2. The van der Waals surface area contributed by atoms with Crippen molar-refractivity contribution in [3.05, 3.63) is 70.2 Å². The summed E-state index contributed by atoms with van der Waals surface area (Å²) in [6.45, 7) is 4.99. The second kappa shape index (κ2) is 8.07. The molecule has 0 bridgehead atoms. The topological polar surface area (TPSA) is 90.1 Å². The van der Waals surface area contributed by atoms with Gasteiger partial charge in [-0.3, -0.25) is 0 Å². The lowest BCUT2D eigenvalue weighted by Crippen LogP contribution is -2.06. The molecule has 0 atom stereocenters. The van der Waals surface area contributed by atoms with Gasteiger partial charge in [0.05, 0.1) is 16.8 Å². The van der Waals surface area contributed by atoms with Crippen LogP contribution in [0.5, 0.6) is 0 Å².